The van der Waals surface area contributed by atoms with Crippen molar-refractivity contribution in [2.75, 3.05) is 0 Å². The number of esters is 1. The first kappa shape index (κ1) is 13.4. The number of halogens is 1. The Morgan fingerprint density at radius 3 is 2.41 bits per heavy atom. The molecule has 1 aromatic heterocycles. The van der Waals surface area contributed by atoms with Crippen molar-refractivity contribution < 1.29 is 19.4 Å². The van der Waals surface area contributed by atoms with Gasteiger partial charge in [0.15, 0.2) is 10.8 Å². The van der Waals surface area contributed by atoms with Crippen LogP contribution in [0.15, 0.2) is 6.07 Å². The molecule has 1 heterocycles. The Kier molecular flexibility index (Phi) is 3.67. The lowest BCUT2D eigenvalue weighted by atomic mass is 10.1. The van der Waals surface area contributed by atoms with Crippen LogP contribution in [0.5, 0.6) is 0 Å². The highest BCUT2D eigenvalue weighted by Crippen LogP contribution is 2.16. The van der Waals surface area contributed by atoms with Crippen molar-refractivity contribution in [3.63, 3.8) is 0 Å². The molecule has 0 radical (unpaired) electrons. The monoisotopic (exact) mass is 258 g/mol. The molecule has 0 aliphatic carbocycles. The summed E-state index contributed by atoms with van der Waals surface area (Å²) in [7, 11) is 0. The highest BCUT2D eigenvalue weighted by molar-refractivity contribution is 6.29. The number of aromatic nitrogens is 2. The maximum absolute atomic E-state index is 11.7. The van der Waals surface area contributed by atoms with Gasteiger partial charge in [0.2, 0.25) is 0 Å². The maximum Gasteiger partial charge on any atom is 0.357 e. The topological polar surface area (TPSA) is 89.4 Å². The van der Waals surface area contributed by atoms with Crippen LogP contribution in [-0.4, -0.2) is 32.8 Å². The highest BCUT2D eigenvalue weighted by atomic mass is 35.5. The number of ether oxygens (including phenoxy) is 1. The molecular weight excluding hydrogens is 248 g/mol. The largest absolute Gasteiger partial charge is 0.476 e. The van der Waals surface area contributed by atoms with Gasteiger partial charge in [0, 0.05) is 0 Å². The van der Waals surface area contributed by atoms with Crippen LogP contribution in [0.4, 0.5) is 0 Å². The van der Waals surface area contributed by atoms with Crippen molar-refractivity contribution in [3.8, 4) is 0 Å². The molecule has 7 heteroatoms. The van der Waals surface area contributed by atoms with Crippen molar-refractivity contribution >= 4 is 23.5 Å². The van der Waals surface area contributed by atoms with Gasteiger partial charge in [-0.2, -0.15) is 0 Å². The average Bonchev–Trinajstić information content (AvgIpc) is 2.14. The standard InChI is InChI=1S/C10H11ClN2O4/c1-10(2,3)17-9(16)5-4-6(11)12-13-7(5)8(14)15/h4H,1-3H3,(H,14,15). The summed E-state index contributed by atoms with van der Waals surface area (Å²) in [4.78, 5) is 22.6. The van der Waals surface area contributed by atoms with Gasteiger partial charge in [-0.25, -0.2) is 9.59 Å². The summed E-state index contributed by atoms with van der Waals surface area (Å²) in [6.07, 6.45) is 0. The molecule has 1 aromatic rings. The fourth-order valence-electron chi connectivity index (χ4n) is 1.01. The molecular formula is C10H11ClN2O4. The number of aromatic carboxylic acids is 1. The summed E-state index contributed by atoms with van der Waals surface area (Å²) < 4.78 is 5.04. The molecule has 0 spiro atoms. The highest BCUT2D eigenvalue weighted by Gasteiger charge is 2.24. The average molecular weight is 259 g/mol. The molecule has 0 atom stereocenters. The zero-order valence-corrected chi connectivity index (χ0v) is 10.3. The molecule has 0 saturated carbocycles. The first-order chi connectivity index (χ1) is 7.70. The summed E-state index contributed by atoms with van der Waals surface area (Å²) in [5.74, 6) is -2.17. The van der Waals surface area contributed by atoms with Crippen molar-refractivity contribution in [1.29, 1.82) is 0 Å². The molecule has 0 aliphatic rings. The second-order valence-corrected chi connectivity index (χ2v) is 4.62. The van der Waals surface area contributed by atoms with Gasteiger partial charge >= 0.3 is 11.9 Å². The molecule has 0 fully saturated rings. The minimum absolute atomic E-state index is 0.0733. The van der Waals surface area contributed by atoms with E-state index in [-0.39, 0.29) is 10.7 Å². The second kappa shape index (κ2) is 4.67. The van der Waals surface area contributed by atoms with Crippen LogP contribution in [0.3, 0.4) is 0 Å². The fourth-order valence-corrected chi connectivity index (χ4v) is 1.16. The fraction of sp³-hybridized carbons (Fsp3) is 0.400. The number of carboxylic acids is 1. The quantitative estimate of drug-likeness (QED) is 0.814. The van der Waals surface area contributed by atoms with Crippen LogP contribution in [-0.2, 0) is 4.74 Å². The zero-order chi connectivity index (χ0) is 13.2. The van der Waals surface area contributed by atoms with Gasteiger partial charge in [0.1, 0.15) is 5.60 Å². The molecule has 0 saturated heterocycles. The minimum Gasteiger partial charge on any atom is -0.476 e. The van der Waals surface area contributed by atoms with Gasteiger partial charge in [0.25, 0.3) is 0 Å². The van der Waals surface area contributed by atoms with E-state index in [0.717, 1.165) is 6.07 Å². The van der Waals surface area contributed by atoms with Crippen LogP contribution in [0.25, 0.3) is 0 Å². The van der Waals surface area contributed by atoms with E-state index in [1.807, 2.05) is 0 Å². The first-order valence-corrected chi connectivity index (χ1v) is 5.08. The van der Waals surface area contributed by atoms with Crippen molar-refractivity contribution in [2.24, 2.45) is 0 Å². The van der Waals surface area contributed by atoms with Crippen LogP contribution in [0.2, 0.25) is 5.15 Å². The second-order valence-electron chi connectivity index (χ2n) is 4.24. The van der Waals surface area contributed by atoms with Crippen molar-refractivity contribution in [1.82, 2.24) is 10.2 Å². The summed E-state index contributed by atoms with van der Waals surface area (Å²) in [6, 6.07) is 1.12. The normalized spacial score (nSPS) is 11.1. The third-order valence-electron chi connectivity index (χ3n) is 1.59. The summed E-state index contributed by atoms with van der Waals surface area (Å²) in [6.45, 7) is 5.00. The number of rotatable bonds is 2. The minimum atomic E-state index is -1.37. The summed E-state index contributed by atoms with van der Waals surface area (Å²) in [5, 5.41) is 15.5. The molecule has 1 N–H and O–H groups in total. The number of hydrogen-bond acceptors (Lipinski definition) is 5. The summed E-state index contributed by atoms with van der Waals surface area (Å²) >= 11 is 5.56. The van der Waals surface area contributed by atoms with Crippen LogP contribution >= 0.6 is 11.6 Å². The van der Waals surface area contributed by atoms with E-state index in [0.29, 0.717) is 0 Å². The van der Waals surface area contributed by atoms with Crippen LogP contribution in [0, 0.1) is 0 Å². The Labute approximate surface area is 103 Å². The van der Waals surface area contributed by atoms with Crippen molar-refractivity contribution in [2.45, 2.75) is 26.4 Å². The Bertz CT molecular complexity index is 468. The van der Waals surface area contributed by atoms with E-state index in [4.69, 9.17) is 21.4 Å². The predicted molar refractivity (Wildman–Crippen MR) is 59.2 cm³/mol. The lowest BCUT2D eigenvalue weighted by Gasteiger charge is -2.19. The number of carbonyl (C=O) groups is 2. The van der Waals surface area contributed by atoms with Gasteiger partial charge < -0.3 is 9.84 Å². The van der Waals surface area contributed by atoms with Crippen LogP contribution < -0.4 is 0 Å². The maximum atomic E-state index is 11.7. The number of nitrogens with zero attached hydrogens (tertiary/aromatic N) is 2. The molecule has 0 aromatic carbocycles. The number of carbonyl (C=O) groups excluding carboxylic acids is 1. The molecule has 0 aliphatic heterocycles. The Hall–Kier alpha value is -1.69. The SMILES string of the molecule is CC(C)(C)OC(=O)c1cc(Cl)nnc1C(=O)O. The Morgan fingerprint density at radius 2 is 1.94 bits per heavy atom. The molecule has 0 amide bonds. The molecule has 17 heavy (non-hydrogen) atoms. The molecule has 0 bridgehead atoms. The molecule has 0 unspecified atom stereocenters. The van der Waals surface area contributed by atoms with E-state index < -0.39 is 23.2 Å². The van der Waals surface area contributed by atoms with E-state index in [9.17, 15) is 9.59 Å². The predicted octanol–water partition coefficient (Wildman–Crippen LogP) is 1.78. The molecule has 1 rings (SSSR count). The molecule has 6 nitrogen and oxygen atoms in total. The van der Waals surface area contributed by atoms with Gasteiger partial charge in [-0.3, -0.25) is 0 Å². The van der Waals surface area contributed by atoms with Gasteiger partial charge in [-0.15, -0.1) is 10.2 Å². The van der Waals surface area contributed by atoms with E-state index in [1.54, 1.807) is 20.8 Å². The number of hydrogen-bond donors (Lipinski definition) is 1. The van der Waals surface area contributed by atoms with Crippen molar-refractivity contribution in [3.05, 3.63) is 22.5 Å². The smallest absolute Gasteiger partial charge is 0.357 e. The van der Waals surface area contributed by atoms with Gasteiger partial charge in [-0.05, 0) is 26.8 Å². The molecule has 92 valence electrons. The van der Waals surface area contributed by atoms with Gasteiger partial charge in [0.05, 0.1) is 5.56 Å². The van der Waals surface area contributed by atoms with E-state index >= 15 is 0 Å². The lowest BCUT2D eigenvalue weighted by Crippen LogP contribution is -2.25. The lowest BCUT2D eigenvalue weighted by molar-refractivity contribution is 0.00648. The van der Waals surface area contributed by atoms with E-state index in [2.05, 4.69) is 10.2 Å². The van der Waals surface area contributed by atoms with E-state index in [1.165, 1.54) is 0 Å². The first-order valence-electron chi connectivity index (χ1n) is 4.70. The van der Waals surface area contributed by atoms with Crippen LogP contribution in [0.1, 0.15) is 41.6 Å². The van der Waals surface area contributed by atoms with Gasteiger partial charge in [-0.1, -0.05) is 11.6 Å². The number of carboxylic acid groups (broad SMARTS) is 1. The third kappa shape index (κ3) is 3.67. The Morgan fingerprint density at radius 1 is 1.35 bits per heavy atom. The summed E-state index contributed by atoms with van der Waals surface area (Å²) in [5.41, 5.74) is -1.43. The third-order valence-corrected chi connectivity index (χ3v) is 1.77. The Balaban J connectivity index is 3.16. The zero-order valence-electron chi connectivity index (χ0n) is 9.52.